The number of hydrogen-bond acceptors (Lipinski definition) is 7. The van der Waals surface area contributed by atoms with Crippen molar-refractivity contribution >= 4 is 17.1 Å². The van der Waals surface area contributed by atoms with Crippen molar-refractivity contribution in [2.45, 2.75) is 12.6 Å². The van der Waals surface area contributed by atoms with Crippen LogP contribution in [0.1, 0.15) is 0 Å². The molecule has 0 aliphatic rings. The molecule has 3 rings (SSSR count). The van der Waals surface area contributed by atoms with E-state index in [2.05, 4.69) is 16.9 Å². The van der Waals surface area contributed by atoms with Crippen LogP contribution < -0.4 is 26.0 Å². The van der Waals surface area contributed by atoms with E-state index in [-0.39, 0.29) is 24.3 Å². The van der Waals surface area contributed by atoms with Gasteiger partial charge in [0, 0.05) is 20.6 Å². The summed E-state index contributed by atoms with van der Waals surface area (Å²) in [6, 6.07) is 6.99. The molecule has 0 saturated heterocycles. The number of methoxy groups -OCH3 is 1. The van der Waals surface area contributed by atoms with E-state index in [1.807, 2.05) is 0 Å². The molecule has 0 saturated carbocycles. The van der Waals surface area contributed by atoms with Crippen molar-refractivity contribution in [3.63, 3.8) is 0 Å². The van der Waals surface area contributed by atoms with Gasteiger partial charge in [-0.05, 0) is 24.3 Å². The molecule has 3 aromatic rings. The molecule has 2 N–H and O–H groups in total. The van der Waals surface area contributed by atoms with Gasteiger partial charge in [-0.25, -0.2) is 4.79 Å². The molecule has 10 heteroatoms. The van der Waals surface area contributed by atoms with Crippen LogP contribution in [0.25, 0.3) is 11.2 Å². The van der Waals surface area contributed by atoms with Crippen molar-refractivity contribution in [3.8, 4) is 11.5 Å². The minimum absolute atomic E-state index is 0.00101. The van der Waals surface area contributed by atoms with Gasteiger partial charge in [0.1, 0.15) is 24.2 Å². The Balaban J connectivity index is 1.89. The lowest BCUT2D eigenvalue weighted by Gasteiger charge is -2.16. The number of anilines is 1. The molecule has 0 radical (unpaired) electrons. The maximum Gasteiger partial charge on any atom is 0.332 e. The first-order valence-corrected chi connectivity index (χ1v) is 9.33. The minimum Gasteiger partial charge on any atom is -0.497 e. The summed E-state index contributed by atoms with van der Waals surface area (Å²) < 4.78 is 14.6. The highest BCUT2D eigenvalue weighted by molar-refractivity contribution is 5.74. The fraction of sp³-hybridized carbons (Fsp3) is 0.350. The largest absolute Gasteiger partial charge is 0.497 e. The zero-order valence-corrected chi connectivity index (χ0v) is 17.2. The molecule has 1 unspecified atom stereocenters. The number of aryl methyl sites for hydroxylation is 1. The lowest BCUT2D eigenvalue weighted by molar-refractivity contribution is 0.0938. The van der Waals surface area contributed by atoms with Crippen molar-refractivity contribution in [2.24, 2.45) is 14.1 Å². The molecule has 2 aromatic heterocycles. The Bertz CT molecular complexity index is 1160. The molecule has 10 nitrogen and oxygen atoms in total. The topological polar surface area (TPSA) is 113 Å². The molecular weight excluding hydrogens is 390 g/mol. The zero-order chi connectivity index (χ0) is 21.8. The Morgan fingerprint density at radius 2 is 1.87 bits per heavy atom. The molecular formula is C20H25N5O5. The maximum atomic E-state index is 12.7. The number of hydrogen-bond donors (Lipinski definition) is 2. The Labute approximate surface area is 172 Å². The molecule has 0 amide bonds. The number of aliphatic hydroxyl groups excluding tert-OH is 1. The van der Waals surface area contributed by atoms with Gasteiger partial charge in [-0.1, -0.05) is 6.08 Å². The third-order valence-electron chi connectivity index (χ3n) is 4.65. The Hall–Kier alpha value is -3.53. The van der Waals surface area contributed by atoms with Crippen LogP contribution in [-0.4, -0.2) is 50.2 Å². The first-order chi connectivity index (χ1) is 14.4. The van der Waals surface area contributed by atoms with Gasteiger partial charge >= 0.3 is 5.69 Å². The number of aromatic nitrogens is 4. The van der Waals surface area contributed by atoms with Gasteiger partial charge in [0.2, 0.25) is 5.95 Å². The van der Waals surface area contributed by atoms with Crippen molar-refractivity contribution in [3.05, 3.63) is 57.8 Å². The van der Waals surface area contributed by atoms with Crippen molar-refractivity contribution < 1.29 is 14.6 Å². The number of ether oxygens (including phenoxy) is 2. The van der Waals surface area contributed by atoms with Gasteiger partial charge in [0.15, 0.2) is 11.2 Å². The molecule has 0 fully saturated rings. The molecule has 1 aromatic carbocycles. The Morgan fingerprint density at radius 3 is 2.50 bits per heavy atom. The predicted molar refractivity (Wildman–Crippen MR) is 113 cm³/mol. The van der Waals surface area contributed by atoms with E-state index in [1.54, 1.807) is 49.1 Å². The van der Waals surface area contributed by atoms with Gasteiger partial charge in [0.25, 0.3) is 5.56 Å². The van der Waals surface area contributed by atoms with Crippen LogP contribution in [0.5, 0.6) is 11.5 Å². The van der Waals surface area contributed by atoms with Crippen molar-refractivity contribution in [2.75, 3.05) is 25.6 Å². The monoisotopic (exact) mass is 415 g/mol. The average Bonchev–Trinajstić information content (AvgIpc) is 3.11. The Morgan fingerprint density at radius 1 is 1.20 bits per heavy atom. The molecule has 0 spiro atoms. The second kappa shape index (κ2) is 8.87. The molecule has 160 valence electrons. The summed E-state index contributed by atoms with van der Waals surface area (Å²) in [6.07, 6.45) is 0.708. The van der Waals surface area contributed by atoms with Crippen LogP contribution in [0.3, 0.4) is 0 Å². The lowest BCUT2D eigenvalue weighted by atomic mass is 10.3. The third kappa shape index (κ3) is 4.08. The van der Waals surface area contributed by atoms with Gasteiger partial charge in [-0.3, -0.25) is 13.9 Å². The highest BCUT2D eigenvalue weighted by Crippen LogP contribution is 2.19. The van der Waals surface area contributed by atoms with Crippen LogP contribution in [0.15, 0.2) is 46.5 Å². The first-order valence-electron chi connectivity index (χ1n) is 9.33. The van der Waals surface area contributed by atoms with E-state index in [1.165, 1.54) is 11.6 Å². The first kappa shape index (κ1) is 21.2. The SMILES string of the molecule is C=CCNc1nc2c(c(=O)n(C)c(=O)n2C)n1CC(O)COc1ccc(OC)cc1. The van der Waals surface area contributed by atoms with Crippen molar-refractivity contribution in [1.82, 2.24) is 18.7 Å². The fourth-order valence-electron chi connectivity index (χ4n) is 3.05. The van der Waals surface area contributed by atoms with E-state index in [0.717, 1.165) is 4.57 Å². The van der Waals surface area contributed by atoms with E-state index in [9.17, 15) is 14.7 Å². The third-order valence-corrected chi connectivity index (χ3v) is 4.65. The van der Waals surface area contributed by atoms with E-state index >= 15 is 0 Å². The number of aliphatic hydroxyl groups is 1. The average molecular weight is 415 g/mol. The second-order valence-corrected chi connectivity index (χ2v) is 6.73. The standard InChI is InChI=1S/C20H25N5O5/c1-5-10-21-19-22-17-16(18(27)24(3)20(28)23(17)2)25(19)11-13(26)12-30-15-8-6-14(29-4)7-9-15/h5-9,13,26H,1,10-12H2,2-4H3,(H,21,22). The van der Waals surface area contributed by atoms with E-state index < -0.39 is 17.4 Å². The number of nitrogens with zero attached hydrogens (tertiary/aromatic N) is 4. The number of benzene rings is 1. The highest BCUT2D eigenvalue weighted by atomic mass is 16.5. The second-order valence-electron chi connectivity index (χ2n) is 6.73. The van der Waals surface area contributed by atoms with E-state index in [0.29, 0.717) is 24.0 Å². The molecule has 0 aliphatic carbocycles. The van der Waals surface area contributed by atoms with Crippen molar-refractivity contribution in [1.29, 1.82) is 0 Å². The van der Waals surface area contributed by atoms with Crippen LogP contribution in [0.4, 0.5) is 5.95 Å². The fourth-order valence-corrected chi connectivity index (χ4v) is 3.05. The number of nitrogens with one attached hydrogen (secondary N) is 1. The molecule has 30 heavy (non-hydrogen) atoms. The molecule has 0 bridgehead atoms. The van der Waals surface area contributed by atoms with Gasteiger partial charge in [-0.15, -0.1) is 6.58 Å². The predicted octanol–water partition coefficient (Wildman–Crippen LogP) is 0.480. The van der Waals surface area contributed by atoms with E-state index in [4.69, 9.17) is 9.47 Å². The van der Waals surface area contributed by atoms with Gasteiger partial charge < -0.3 is 24.5 Å². The zero-order valence-electron chi connectivity index (χ0n) is 17.2. The van der Waals surface area contributed by atoms with Crippen LogP contribution in [-0.2, 0) is 20.6 Å². The smallest absolute Gasteiger partial charge is 0.332 e. The quantitative estimate of drug-likeness (QED) is 0.489. The number of imidazole rings is 1. The lowest BCUT2D eigenvalue weighted by Crippen LogP contribution is -2.38. The summed E-state index contributed by atoms with van der Waals surface area (Å²) in [5.41, 5.74) is -0.515. The number of fused-ring (bicyclic) bond motifs is 1. The minimum atomic E-state index is -0.935. The van der Waals surface area contributed by atoms with Crippen LogP contribution >= 0.6 is 0 Å². The molecule has 1 atom stereocenters. The summed E-state index contributed by atoms with van der Waals surface area (Å²) in [7, 11) is 4.52. The van der Waals surface area contributed by atoms with Crippen LogP contribution in [0.2, 0.25) is 0 Å². The van der Waals surface area contributed by atoms with Gasteiger partial charge in [0.05, 0.1) is 13.7 Å². The summed E-state index contributed by atoms with van der Waals surface area (Å²) in [6.45, 7) is 4.10. The normalized spacial score (nSPS) is 12.0. The number of rotatable bonds is 9. The summed E-state index contributed by atoms with van der Waals surface area (Å²) in [4.78, 5) is 29.4. The van der Waals surface area contributed by atoms with Gasteiger partial charge in [-0.2, -0.15) is 4.98 Å². The summed E-state index contributed by atoms with van der Waals surface area (Å²) in [5.74, 6) is 1.63. The highest BCUT2D eigenvalue weighted by Gasteiger charge is 2.21. The molecule has 0 aliphatic heterocycles. The Kier molecular flexibility index (Phi) is 6.26. The summed E-state index contributed by atoms with van der Waals surface area (Å²) in [5, 5.41) is 13.6. The van der Waals surface area contributed by atoms with Crippen LogP contribution in [0, 0.1) is 0 Å². The maximum absolute atomic E-state index is 12.7. The summed E-state index contributed by atoms with van der Waals surface area (Å²) >= 11 is 0. The molecule has 2 heterocycles.